The van der Waals surface area contributed by atoms with Gasteiger partial charge in [0.05, 0.1) is 18.8 Å². The molecule has 0 radical (unpaired) electrons. The van der Waals surface area contributed by atoms with Crippen LogP contribution in [0.25, 0.3) is 0 Å². The third-order valence-corrected chi connectivity index (χ3v) is 2.43. The van der Waals surface area contributed by atoms with Crippen molar-refractivity contribution in [3.05, 3.63) is 0 Å². The van der Waals surface area contributed by atoms with Crippen molar-refractivity contribution in [3.63, 3.8) is 0 Å². The highest BCUT2D eigenvalue weighted by Gasteiger charge is 2.10. The Morgan fingerprint density at radius 1 is 1.44 bits per heavy atom. The van der Waals surface area contributed by atoms with Crippen LogP contribution in [0.1, 0.15) is 6.92 Å². The number of rotatable bonds is 7. The molecule has 0 aromatic carbocycles. The summed E-state index contributed by atoms with van der Waals surface area (Å²) in [5.41, 5.74) is 0. The second-order valence-corrected chi connectivity index (χ2v) is 5.10. The maximum atomic E-state index is 11.3. The zero-order valence-corrected chi connectivity index (χ0v) is 10.2. The molecule has 0 saturated carbocycles. The maximum Gasteiger partial charge on any atom is 0.237 e. The van der Waals surface area contributed by atoms with Gasteiger partial charge in [0.25, 0.3) is 0 Å². The fraction of sp³-hybridized carbons (Fsp3) is 0.667. The van der Waals surface area contributed by atoms with Crippen LogP contribution in [0, 0.1) is 12.3 Å². The third-order valence-electron chi connectivity index (χ3n) is 1.70. The third kappa shape index (κ3) is 8.23. The number of terminal acetylenes is 1. The van der Waals surface area contributed by atoms with Crippen molar-refractivity contribution in [2.75, 3.05) is 25.9 Å². The van der Waals surface area contributed by atoms with Gasteiger partial charge in [-0.1, -0.05) is 5.92 Å². The molecule has 1 atom stereocenters. The van der Waals surface area contributed by atoms with E-state index < -0.39 is 16.1 Å². The lowest BCUT2D eigenvalue weighted by Gasteiger charge is -2.12. The molecule has 0 aliphatic heterocycles. The molecule has 92 valence electrons. The summed E-state index contributed by atoms with van der Waals surface area (Å²) in [6.45, 7) is 2.47. The lowest BCUT2D eigenvalue weighted by Crippen LogP contribution is -2.44. The topological polar surface area (TPSA) is 87.3 Å². The predicted molar refractivity (Wildman–Crippen MR) is 62.2 cm³/mol. The normalized spacial score (nSPS) is 12.8. The fourth-order valence-electron chi connectivity index (χ4n) is 0.909. The quantitative estimate of drug-likeness (QED) is 0.368. The number of carbonyl (C=O) groups excluding carboxylic acids is 1. The van der Waals surface area contributed by atoms with E-state index in [1.807, 2.05) is 0 Å². The van der Waals surface area contributed by atoms with Gasteiger partial charge in [0, 0.05) is 13.1 Å². The first-order chi connectivity index (χ1) is 7.37. The molecule has 0 aliphatic carbocycles. The van der Waals surface area contributed by atoms with E-state index in [0.717, 1.165) is 6.26 Å². The largest absolute Gasteiger partial charge is 0.344 e. The van der Waals surface area contributed by atoms with Gasteiger partial charge in [0.2, 0.25) is 15.9 Å². The highest BCUT2D eigenvalue weighted by atomic mass is 32.2. The smallest absolute Gasteiger partial charge is 0.237 e. The van der Waals surface area contributed by atoms with E-state index >= 15 is 0 Å². The monoisotopic (exact) mass is 247 g/mol. The van der Waals surface area contributed by atoms with Crippen LogP contribution in [0.2, 0.25) is 0 Å². The summed E-state index contributed by atoms with van der Waals surface area (Å²) in [6.07, 6.45) is 6.06. The second-order valence-electron chi connectivity index (χ2n) is 3.26. The fourth-order valence-corrected chi connectivity index (χ4v) is 1.38. The van der Waals surface area contributed by atoms with E-state index in [1.54, 1.807) is 6.92 Å². The van der Waals surface area contributed by atoms with E-state index in [1.165, 1.54) is 0 Å². The lowest BCUT2D eigenvalue weighted by atomic mass is 10.3. The molecule has 0 rings (SSSR count). The van der Waals surface area contributed by atoms with Crippen molar-refractivity contribution < 1.29 is 13.2 Å². The Labute approximate surface area is 96.2 Å². The predicted octanol–water partition coefficient (Wildman–Crippen LogP) is -1.74. The molecule has 7 heteroatoms. The average Bonchev–Trinajstić information content (AvgIpc) is 2.19. The van der Waals surface area contributed by atoms with Gasteiger partial charge in [-0.25, -0.2) is 13.1 Å². The van der Waals surface area contributed by atoms with Gasteiger partial charge >= 0.3 is 0 Å². The molecule has 0 bridgehead atoms. The summed E-state index contributed by atoms with van der Waals surface area (Å²) >= 11 is 0. The van der Waals surface area contributed by atoms with Gasteiger partial charge in [0.15, 0.2) is 0 Å². The minimum absolute atomic E-state index is 0.187. The van der Waals surface area contributed by atoms with Crippen molar-refractivity contribution in [2.45, 2.75) is 13.0 Å². The van der Waals surface area contributed by atoms with Crippen LogP contribution in [0.15, 0.2) is 0 Å². The molecular formula is C9H17N3O3S. The molecule has 6 nitrogen and oxygen atoms in total. The van der Waals surface area contributed by atoms with Crippen molar-refractivity contribution in [1.82, 2.24) is 15.4 Å². The molecule has 0 spiro atoms. The number of sulfonamides is 1. The number of amides is 1. The van der Waals surface area contributed by atoms with Crippen LogP contribution in [0.3, 0.4) is 0 Å². The van der Waals surface area contributed by atoms with Crippen molar-refractivity contribution in [1.29, 1.82) is 0 Å². The van der Waals surface area contributed by atoms with Crippen LogP contribution in [0.4, 0.5) is 0 Å². The Morgan fingerprint density at radius 2 is 2.06 bits per heavy atom. The molecule has 0 aromatic rings. The zero-order valence-electron chi connectivity index (χ0n) is 9.41. The number of hydrogen-bond donors (Lipinski definition) is 3. The van der Waals surface area contributed by atoms with Crippen LogP contribution in [-0.2, 0) is 14.8 Å². The molecule has 0 aromatic heterocycles. The average molecular weight is 247 g/mol. The summed E-state index contributed by atoms with van der Waals surface area (Å²) in [5, 5.41) is 5.37. The molecule has 0 fully saturated rings. The molecular weight excluding hydrogens is 230 g/mol. The summed E-state index contributed by atoms with van der Waals surface area (Å²) in [4.78, 5) is 11.3. The Bertz CT molecular complexity index is 359. The molecule has 16 heavy (non-hydrogen) atoms. The summed E-state index contributed by atoms with van der Waals surface area (Å²) < 4.78 is 23.7. The van der Waals surface area contributed by atoms with Crippen LogP contribution >= 0.6 is 0 Å². The second kappa shape index (κ2) is 7.22. The van der Waals surface area contributed by atoms with Gasteiger partial charge in [-0.05, 0) is 6.92 Å². The van der Waals surface area contributed by atoms with Crippen molar-refractivity contribution >= 4 is 15.9 Å². The maximum absolute atomic E-state index is 11.3. The first-order valence-corrected chi connectivity index (χ1v) is 6.65. The van der Waals surface area contributed by atoms with Gasteiger partial charge in [0.1, 0.15) is 0 Å². The number of carbonyl (C=O) groups is 1. The van der Waals surface area contributed by atoms with Crippen molar-refractivity contribution in [2.24, 2.45) is 0 Å². The Morgan fingerprint density at radius 3 is 2.56 bits per heavy atom. The van der Waals surface area contributed by atoms with Crippen LogP contribution in [0.5, 0.6) is 0 Å². The SMILES string of the molecule is C#CCNC(=O)C(C)NCCNS(C)(=O)=O. The first-order valence-electron chi connectivity index (χ1n) is 4.76. The molecule has 1 amide bonds. The van der Waals surface area contributed by atoms with Crippen LogP contribution < -0.4 is 15.4 Å². The summed E-state index contributed by atoms with van der Waals surface area (Å²) in [6, 6.07) is -0.408. The van der Waals surface area contributed by atoms with Crippen LogP contribution in [-0.4, -0.2) is 46.3 Å². The highest BCUT2D eigenvalue weighted by molar-refractivity contribution is 7.88. The van der Waals surface area contributed by atoms with Crippen molar-refractivity contribution in [3.8, 4) is 12.3 Å². The molecule has 0 heterocycles. The molecule has 0 aliphatic rings. The Balaban J connectivity index is 3.70. The molecule has 3 N–H and O–H groups in total. The van der Waals surface area contributed by atoms with Gasteiger partial charge < -0.3 is 10.6 Å². The standard InChI is InChI=1S/C9H17N3O3S/c1-4-5-11-9(13)8(2)10-6-7-12-16(3,14)15/h1,8,10,12H,5-7H2,2-3H3,(H,11,13). The van der Waals surface area contributed by atoms with E-state index in [0.29, 0.717) is 6.54 Å². The van der Waals surface area contributed by atoms with E-state index in [2.05, 4.69) is 21.3 Å². The van der Waals surface area contributed by atoms with Gasteiger partial charge in [-0.15, -0.1) is 6.42 Å². The first kappa shape index (κ1) is 14.9. The van der Waals surface area contributed by atoms with Gasteiger partial charge in [-0.3, -0.25) is 4.79 Å². The number of hydrogen-bond acceptors (Lipinski definition) is 4. The highest BCUT2D eigenvalue weighted by Crippen LogP contribution is 1.81. The minimum Gasteiger partial charge on any atom is -0.344 e. The lowest BCUT2D eigenvalue weighted by molar-refractivity contribution is -0.122. The Hall–Kier alpha value is -1.10. The summed E-state index contributed by atoms with van der Waals surface area (Å²) in [5.74, 6) is 2.08. The number of nitrogens with one attached hydrogen (secondary N) is 3. The van der Waals surface area contributed by atoms with E-state index in [9.17, 15) is 13.2 Å². The molecule has 1 unspecified atom stereocenters. The summed E-state index contributed by atoms with van der Waals surface area (Å²) in [7, 11) is -3.17. The molecule has 0 saturated heterocycles. The van der Waals surface area contributed by atoms with E-state index in [4.69, 9.17) is 6.42 Å². The zero-order chi connectivity index (χ0) is 12.6. The van der Waals surface area contributed by atoms with Gasteiger partial charge in [-0.2, -0.15) is 0 Å². The van der Waals surface area contributed by atoms with E-state index in [-0.39, 0.29) is 19.0 Å². The Kier molecular flexibility index (Phi) is 6.72. The minimum atomic E-state index is -3.17.